The zero-order valence-corrected chi connectivity index (χ0v) is 5.90. The molecule has 1 nitrogen and oxygen atoms in total. The standard InChI is InChI=1S/C5H12B2O/c1-5(2,3-8)7-4-6/h3,7H,4,6H2,1-2H3. The smallest absolute Gasteiger partial charge is 0.128 e. The van der Waals surface area contributed by atoms with Crippen LogP contribution in [0.4, 0.5) is 0 Å². The Balaban J connectivity index is 3.53. The predicted molar refractivity (Wildman–Crippen MR) is 40.6 cm³/mol. The van der Waals surface area contributed by atoms with Crippen LogP contribution in [-0.2, 0) is 4.79 Å². The SMILES string of the molecule is BCBC(C)(C)C=O. The number of rotatable bonds is 3. The summed E-state index contributed by atoms with van der Waals surface area (Å²) in [5.41, 5.74) is 0. The lowest BCUT2D eigenvalue weighted by atomic mass is 9.49. The van der Waals surface area contributed by atoms with Gasteiger partial charge < -0.3 is 4.79 Å². The highest BCUT2D eigenvalue weighted by Crippen LogP contribution is 2.17. The van der Waals surface area contributed by atoms with Crippen LogP contribution < -0.4 is 0 Å². The second-order valence-electron chi connectivity index (χ2n) is 2.86. The molecule has 0 aliphatic heterocycles. The van der Waals surface area contributed by atoms with Gasteiger partial charge in [-0.3, -0.25) is 0 Å². The van der Waals surface area contributed by atoms with Gasteiger partial charge in [-0.2, -0.15) is 0 Å². The van der Waals surface area contributed by atoms with E-state index >= 15 is 0 Å². The Bertz CT molecular complexity index is 80.5. The van der Waals surface area contributed by atoms with Crippen LogP contribution in [0.25, 0.3) is 0 Å². The monoisotopic (exact) mass is 110 g/mol. The maximum Gasteiger partial charge on any atom is 0.128 e. The summed E-state index contributed by atoms with van der Waals surface area (Å²) in [7, 11) is 3.09. The third-order valence-corrected chi connectivity index (χ3v) is 1.21. The highest BCUT2D eigenvalue weighted by atomic mass is 16.1. The second kappa shape index (κ2) is 2.95. The molecule has 0 bridgehead atoms. The van der Waals surface area contributed by atoms with E-state index in [1.54, 1.807) is 0 Å². The summed E-state index contributed by atoms with van der Waals surface area (Å²) < 4.78 is 0. The topological polar surface area (TPSA) is 17.1 Å². The molecule has 0 aromatic rings. The van der Waals surface area contributed by atoms with Gasteiger partial charge in [-0.15, -0.1) is 6.22 Å². The number of carbonyl (C=O) groups excluding carboxylic acids is 1. The van der Waals surface area contributed by atoms with Gasteiger partial charge in [-0.1, -0.05) is 13.8 Å². The highest BCUT2D eigenvalue weighted by molar-refractivity contribution is 6.53. The first kappa shape index (κ1) is 7.80. The van der Waals surface area contributed by atoms with Gasteiger partial charge >= 0.3 is 0 Å². The molecule has 0 aromatic heterocycles. The molecular weight excluding hydrogens is 97.7 g/mol. The third kappa shape index (κ3) is 2.89. The molecule has 0 N–H and O–H groups in total. The summed E-state index contributed by atoms with van der Waals surface area (Å²) in [5, 5.41) is -0.0885. The number of hydrogen-bond acceptors (Lipinski definition) is 1. The van der Waals surface area contributed by atoms with Crippen molar-refractivity contribution >= 4 is 21.4 Å². The van der Waals surface area contributed by atoms with E-state index in [9.17, 15) is 4.79 Å². The zero-order valence-electron chi connectivity index (χ0n) is 5.90. The van der Waals surface area contributed by atoms with Crippen molar-refractivity contribution in [3.8, 4) is 0 Å². The lowest BCUT2D eigenvalue weighted by Gasteiger charge is -2.11. The molecule has 0 atom stereocenters. The first-order valence-corrected chi connectivity index (χ1v) is 3.09. The normalized spacial score (nSPS) is 10.8. The highest BCUT2D eigenvalue weighted by Gasteiger charge is 2.15. The van der Waals surface area contributed by atoms with E-state index in [0.717, 1.165) is 19.8 Å². The van der Waals surface area contributed by atoms with E-state index in [1.807, 2.05) is 13.8 Å². The Hall–Kier alpha value is -0.200. The van der Waals surface area contributed by atoms with Crippen molar-refractivity contribution in [2.75, 3.05) is 0 Å². The van der Waals surface area contributed by atoms with Gasteiger partial charge in [-0.25, -0.2) is 0 Å². The molecule has 0 spiro atoms. The van der Waals surface area contributed by atoms with E-state index in [-0.39, 0.29) is 5.31 Å². The summed E-state index contributed by atoms with van der Waals surface area (Å²) in [6, 6.07) is 0. The summed E-state index contributed by atoms with van der Waals surface area (Å²) in [5.74, 6) is 0. The number of aldehydes is 1. The summed E-state index contributed by atoms with van der Waals surface area (Å²) in [4.78, 5) is 10.2. The lowest BCUT2D eigenvalue weighted by Crippen LogP contribution is -2.13. The Morgan fingerprint density at radius 3 is 2.38 bits per heavy atom. The molecule has 0 aliphatic carbocycles. The molecule has 44 valence electrons. The van der Waals surface area contributed by atoms with E-state index in [0.29, 0.717) is 0 Å². The molecule has 0 saturated carbocycles. The van der Waals surface area contributed by atoms with Gasteiger partial charge in [0.05, 0.1) is 7.85 Å². The minimum absolute atomic E-state index is 0.0885. The van der Waals surface area contributed by atoms with Gasteiger partial charge in [-0.05, 0) is 5.31 Å². The van der Waals surface area contributed by atoms with Crippen molar-refractivity contribution < 1.29 is 4.79 Å². The van der Waals surface area contributed by atoms with Crippen molar-refractivity contribution in [3.05, 3.63) is 0 Å². The van der Waals surface area contributed by atoms with Crippen LogP contribution in [-0.4, -0.2) is 21.4 Å². The molecule has 0 heterocycles. The van der Waals surface area contributed by atoms with Crippen molar-refractivity contribution in [2.45, 2.75) is 25.4 Å². The van der Waals surface area contributed by atoms with Crippen LogP contribution in [0.1, 0.15) is 13.8 Å². The fourth-order valence-electron chi connectivity index (χ4n) is 0.703. The fraction of sp³-hybridized carbons (Fsp3) is 0.800. The quantitative estimate of drug-likeness (QED) is 0.364. The third-order valence-electron chi connectivity index (χ3n) is 1.21. The van der Waals surface area contributed by atoms with Crippen molar-refractivity contribution in [1.29, 1.82) is 0 Å². The largest absolute Gasteiger partial charge is 0.304 e. The molecule has 0 fully saturated rings. The number of carbonyl (C=O) groups is 1. The van der Waals surface area contributed by atoms with Crippen molar-refractivity contribution in [2.24, 2.45) is 0 Å². The summed E-state index contributed by atoms with van der Waals surface area (Å²) in [6.07, 6.45) is 2.11. The van der Waals surface area contributed by atoms with Crippen LogP contribution in [0.5, 0.6) is 0 Å². The Morgan fingerprint density at radius 1 is 1.75 bits per heavy atom. The van der Waals surface area contributed by atoms with Crippen molar-refractivity contribution in [3.63, 3.8) is 0 Å². The second-order valence-corrected chi connectivity index (χ2v) is 2.86. The van der Waals surface area contributed by atoms with Crippen molar-refractivity contribution in [1.82, 2.24) is 0 Å². The molecule has 3 heteroatoms. The average Bonchev–Trinajstić information content (AvgIpc) is 1.67. The van der Waals surface area contributed by atoms with Gasteiger partial charge in [0.1, 0.15) is 13.6 Å². The first-order chi connectivity index (χ1) is 3.62. The van der Waals surface area contributed by atoms with Gasteiger partial charge in [0, 0.05) is 0 Å². The van der Waals surface area contributed by atoms with Crippen LogP contribution >= 0.6 is 0 Å². The molecule has 0 aromatic carbocycles. The Morgan fingerprint density at radius 2 is 2.25 bits per heavy atom. The fourth-order valence-corrected chi connectivity index (χ4v) is 0.703. The van der Waals surface area contributed by atoms with Crippen LogP contribution in [0, 0.1) is 0 Å². The van der Waals surface area contributed by atoms with E-state index in [1.165, 1.54) is 0 Å². The first-order valence-electron chi connectivity index (χ1n) is 3.09. The molecule has 0 unspecified atom stereocenters. The molecule has 0 rings (SSSR count). The minimum atomic E-state index is -0.0885. The van der Waals surface area contributed by atoms with Gasteiger partial charge in [0.25, 0.3) is 0 Å². The van der Waals surface area contributed by atoms with Gasteiger partial charge in [0.15, 0.2) is 0 Å². The van der Waals surface area contributed by atoms with E-state index in [2.05, 4.69) is 7.85 Å². The van der Waals surface area contributed by atoms with Crippen LogP contribution in [0.15, 0.2) is 0 Å². The maximum absolute atomic E-state index is 10.2. The van der Waals surface area contributed by atoms with Crippen LogP contribution in [0.2, 0.25) is 11.5 Å². The molecular formula is C5H12B2O. The summed E-state index contributed by atoms with van der Waals surface area (Å²) >= 11 is 0. The Labute approximate surface area is 52.5 Å². The number of hydrogen-bond donors (Lipinski definition) is 0. The molecule has 8 heavy (non-hydrogen) atoms. The van der Waals surface area contributed by atoms with Gasteiger partial charge in [0.2, 0.25) is 0 Å². The lowest BCUT2D eigenvalue weighted by molar-refractivity contribution is -0.109. The maximum atomic E-state index is 10.2. The average molecular weight is 110 g/mol. The summed E-state index contributed by atoms with van der Waals surface area (Å²) in [6.45, 7) is 3.92. The predicted octanol–water partition coefficient (Wildman–Crippen LogP) is -0.171. The molecule has 0 saturated heterocycles. The molecule has 0 radical (unpaired) electrons. The molecule has 0 amide bonds. The van der Waals surface area contributed by atoms with E-state index < -0.39 is 0 Å². The Kier molecular flexibility index (Phi) is 2.88. The molecule has 0 aliphatic rings. The van der Waals surface area contributed by atoms with Crippen LogP contribution in [0.3, 0.4) is 0 Å². The minimum Gasteiger partial charge on any atom is -0.304 e. The van der Waals surface area contributed by atoms with E-state index in [4.69, 9.17) is 0 Å². The zero-order chi connectivity index (χ0) is 6.62.